The lowest BCUT2D eigenvalue weighted by molar-refractivity contribution is -0.153. The topological polar surface area (TPSA) is 92.8 Å². The van der Waals surface area contributed by atoms with Crippen LogP contribution in [0.1, 0.15) is 45.2 Å². The molecule has 0 spiro atoms. The maximum absolute atomic E-state index is 13.6. The van der Waals surface area contributed by atoms with Gasteiger partial charge in [-0.05, 0) is 57.2 Å². The van der Waals surface area contributed by atoms with E-state index in [9.17, 15) is 19.2 Å². The molecule has 1 N–H and O–H groups in total. The van der Waals surface area contributed by atoms with Crippen LogP contribution in [0.3, 0.4) is 0 Å². The van der Waals surface area contributed by atoms with Gasteiger partial charge in [0, 0.05) is 12.6 Å². The molecule has 0 unspecified atom stereocenters. The van der Waals surface area contributed by atoms with Crippen molar-refractivity contribution in [2.45, 2.75) is 63.9 Å². The summed E-state index contributed by atoms with van der Waals surface area (Å²) in [4.78, 5) is 52.7. The van der Waals surface area contributed by atoms with Crippen LogP contribution < -0.4 is 10.2 Å². The molecule has 1 aliphatic rings. The number of amides is 2. The fourth-order valence-electron chi connectivity index (χ4n) is 4.00. The van der Waals surface area contributed by atoms with Gasteiger partial charge in [0.25, 0.3) is 0 Å². The Hall–Kier alpha value is -3.13. The van der Waals surface area contributed by atoms with Gasteiger partial charge in [0.1, 0.15) is 18.2 Å². The summed E-state index contributed by atoms with van der Waals surface area (Å²) in [6, 6.07) is 16.0. The first-order chi connectivity index (χ1) is 16.5. The minimum Gasteiger partial charge on any atom is -0.459 e. The maximum atomic E-state index is 13.6. The van der Waals surface area contributed by atoms with Crippen LogP contribution in [0.4, 0.5) is 5.69 Å². The molecule has 2 aromatic rings. The minimum absolute atomic E-state index is 0.174. The number of carbonyl (C=O) groups is 4. The Morgan fingerprint density at radius 2 is 1.74 bits per heavy atom. The molecular weight excluding hydrogens is 464 g/mol. The van der Waals surface area contributed by atoms with Crippen molar-refractivity contribution in [2.75, 3.05) is 11.4 Å². The van der Waals surface area contributed by atoms with Crippen LogP contribution in [0.5, 0.6) is 0 Å². The van der Waals surface area contributed by atoms with Gasteiger partial charge in [-0.1, -0.05) is 60.3 Å². The molecule has 3 rings (SSSR count). The lowest BCUT2D eigenvalue weighted by atomic mass is 10.1. The van der Waals surface area contributed by atoms with Gasteiger partial charge in [-0.15, -0.1) is 0 Å². The number of para-hydroxylation sites is 1. The SMILES string of the molecule is CC(=O)S[C@@H](Cc1ccccc1)C(=O)N[C@H]1CCc2ccccc2N(CC(=O)OC(C)(C)C)C1=O. The average molecular weight is 497 g/mol. The first-order valence-corrected chi connectivity index (χ1v) is 12.5. The van der Waals surface area contributed by atoms with Crippen molar-refractivity contribution < 1.29 is 23.9 Å². The zero-order valence-corrected chi connectivity index (χ0v) is 21.4. The van der Waals surface area contributed by atoms with Gasteiger partial charge in [0.15, 0.2) is 5.12 Å². The van der Waals surface area contributed by atoms with Gasteiger partial charge in [0.2, 0.25) is 11.8 Å². The molecule has 2 amide bonds. The molecule has 186 valence electrons. The van der Waals surface area contributed by atoms with Crippen LogP contribution in [0.2, 0.25) is 0 Å². The molecule has 2 aromatic carbocycles. The number of esters is 1. The van der Waals surface area contributed by atoms with Crippen LogP contribution in [-0.2, 0) is 36.8 Å². The fourth-order valence-corrected chi connectivity index (χ4v) is 4.85. The average Bonchev–Trinajstić information content (AvgIpc) is 2.90. The normalized spacial score (nSPS) is 16.6. The summed E-state index contributed by atoms with van der Waals surface area (Å²) in [6.07, 6.45) is 1.30. The number of carbonyl (C=O) groups excluding carboxylic acids is 4. The van der Waals surface area contributed by atoms with E-state index in [2.05, 4.69) is 5.32 Å². The maximum Gasteiger partial charge on any atom is 0.326 e. The highest BCUT2D eigenvalue weighted by Crippen LogP contribution is 2.28. The van der Waals surface area contributed by atoms with Gasteiger partial charge >= 0.3 is 5.97 Å². The van der Waals surface area contributed by atoms with Crippen molar-refractivity contribution in [3.05, 3.63) is 65.7 Å². The summed E-state index contributed by atoms with van der Waals surface area (Å²) in [5, 5.41) is 2.02. The van der Waals surface area contributed by atoms with Crippen molar-refractivity contribution in [2.24, 2.45) is 0 Å². The van der Waals surface area contributed by atoms with E-state index in [0.29, 0.717) is 24.9 Å². The molecule has 7 nitrogen and oxygen atoms in total. The summed E-state index contributed by atoms with van der Waals surface area (Å²) in [5.41, 5.74) is 1.79. The number of nitrogens with zero attached hydrogens (tertiary/aromatic N) is 1. The molecule has 1 heterocycles. The van der Waals surface area contributed by atoms with E-state index in [-0.39, 0.29) is 23.5 Å². The monoisotopic (exact) mass is 496 g/mol. The number of benzene rings is 2. The minimum atomic E-state index is -0.830. The first kappa shape index (κ1) is 26.5. The zero-order chi connectivity index (χ0) is 25.6. The number of hydrogen-bond donors (Lipinski definition) is 1. The van der Waals surface area contributed by atoms with Gasteiger partial charge < -0.3 is 10.1 Å². The summed E-state index contributed by atoms with van der Waals surface area (Å²) in [7, 11) is 0. The Morgan fingerprint density at radius 3 is 2.40 bits per heavy atom. The summed E-state index contributed by atoms with van der Waals surface area (Å²) >= 11 is 0.953. The third-order valence-electron chi connectivity index (χ3n) is 5.44. The van der Waals surface area contributed by atoms with Gasteiger partial charge in [0.05, 0.1) is 5.25 Å². The van der Waals surface area contributed by atoms with E-state index in [1.165, 1.54) is 11.8 Å². The van der Waals surface area contributed by atoms with E-state index >= 15 is 0 Å². The number of anilines is 1. The highest BCUT2D eigenvalue weighted by atomic mass is 32.2. The smallest absolute Gasteiger partial charge is 0.326 e. The second-order valence-electron chi connectivity index (χ2n) is 9.53. The van der Waals surface area contributed by atoms with Crippen molar-refractivity contribution in [3.63, 3.8) is 0 Å². The number of hydrogen-bond acceptors (Lipinski definition) is 6. The molecule has 0 aromatic heterocycles. The third-order valence-corrected chi connectivity index (χ3v) is 6.43. The number of ether oxygens (including phenoxy) is 1. The molecule has 0 saturated carbocycles. The largest absolute Gasteiger partial charge is 0.459 e. The number of thioether (sulfide) groups is 1. The van der Waals surface area contributed by atoms with Crippen LogP contribution in [0.15, 0.2) is 54.6 Å². The molecule has 1 aliphatic heterocycles. The molecule has 0 bridgehead atoms. The number of aryl methyl sites for hydroxylation is 1. The van der Waals surface area contributed by atoms with Crippen molar-refractivity contribution in [3.8, 4) is 0 Å². The Kier molecular flexibility index (Phi) is 8.72. The number of rotatable bonds is 7. The molecule has 8 heteroatoms. The number of fused-ring (bicyclic) bond motifs is 1. The van der Waals surface area contributed by atoms with Gasteiger partial charge in [-0.25, -0.2) is 0 Å². The standard InChI is InChI=1S/C27H32N2O5S/c1-18(30)35-23(16-19-10-6-5-7-11-19)25(32)28-21-15-14-20-12-8-9-13-22(20)29(26(21)33)17-24(31)34-27(2,3)4/h5-13,21,23H,14-17H2,1-4H3,(H,28,32)/t21-,23-/m0/s1. The Bertz CT molecular complexity index is 1080. The fraction of sp³-hybridized carbons (Fsp3) is 0.407. The van der Waals surface area contributed by atoms with Crippen molar-refractivity contribution >= 4 is 40.3 Å². The lowest BCUT2D eigenvalue weighted by Crippen LogP contribution is -2.52. The van der Waals surface area contributed by atoms with Crippen LogP contribution in [-0.4, -0.2) is 46.3 Å². The van der Waals surface area contributed by atoms with Crippen molar-refractivity contribution in [1.29, 1.82) is 0 Å². The first-order valence-electron chi connectivity index (χ1n) is 11.7. The van der Waals surface area contributed by atoms with E-state index in [1.54, 1.807) is 26.8 Å². The Morgan fingerprint density at radius 1 is 1.09 bits per heavy atom. The summed E-state index contributed by atoms with van der Waals surface area (Å²) in [5.74, 6) is -1.28. The predicted octanol–water partition coefficient (Wildman–Crippen LogP) is 3.68. The van der Waals surface area contributed by atoms with Gasteiger partial charge in [-0.2, -0.15) is 0 Å². The van der Waals surface area contributed by atoms with Crippen molar-refractivity contribution in [1.82, 2.24) is 5.32 Å². The second kappa shape index (κ2) is 11.5. The summed E-state index contributed by atoms with van der Waals surface area (Å²) in [6.45, 7) is 6.48. The molecular formula is C27H32N2O5S. The summed E-state index contributed by atoms with van der Waals surface area (Å²) < 4.78 is 5.45. The highest BCUT2D eigenvalue weighted by Gasteiger charge is 2.35. The van der Waals surface area contributed by atoms with E-state index in [0.717, 1.165) is 22.9 Å². The molecule has 0 fully saturated rings. The molecule has 35 heavy (non-hydrogen) atoms. The quantitative estimate of drug-likeness (QED) is 0.588. The van der Waals surface area contributed by atoms with Gasteiger partial charge in [-0.3, -0.25) is 24.1 Å². The Labute approximate surface area is 210 Å². The predicted molar refractivity (Wildman–Crippen MR) is 137 cm³/mol. The zero-order valence-electron chi connectivity index (χ0n) is 20.6. The van der Waals surface area contributed by atoms with Crippen LogP contribution >= 0.6 is 11.8 Å². The van der Waals surface area contributed by atoms with E-state index < -0.39 is 22.9 Å². The van der Waals surface area contributed by atoms with E-state index in [1.807, 2.05) is 48.5 Å². The molecule has 0 aliphatic carbocycles. The second-order valence-corrected chi connectivity index (χ2v) is 10.9. The van der Waals surface area contributed by atoms with E-state index in [4.69, 9.17) is 4.74 Å². The molecule has 2 atom stereocenters. The third kappa shape index (κ3) is 7.68. The lowest BCUT2D eigenvalue weighted by Gasteiger charge is -2.28. The number of nitrogens with one attached hydrogen (secondary N) is 1. The van der Waals surface area contributed by atoms with Crippen LogP contribution in [0.25, 0.3) is 0 Å². The Balaban J connectivity index is 1.81. The van der Waals surface area contributed by atoms with Crippen LogP contribution in [0, 0.1) is 0 Å². The highest BCUT2D eigenvalue weighted by molar-refractivity contribution is 8.14. The molecule has 0 radical (unpaired) electrons. The molecule has 0 saturated heterocycles.